The topological polar surface area (TPSA) is 155 Å². The highest BCUT2D eigenvalue weighted by Gasteiger charge is 2.36. The number of fused-ring (bicyclic) bond motifs is 1. The minimum atomic E-state index is -4.74. The first-order chi connectivity index (χ1) is 19.4. The number of nitrogens with one attached hydrogen (secondary N) is 1. The number of pyridine rings is 1. The number of H-pyrrole nitrogens is 1. The van der Waals surface area contributed by atoms with E-state index in [-0.39, 0.29) is 33.7 Å². The summed E-state index contributed by atoms with van der Waals surface area (Å²) in [4.78, 5) is 30.4. The predicted octanol–water partition coefficient (Wildman–Crippen LogP) is 4.58. The van der Waals surface area contributed by atoms with Crippen LogP contribution in [0.3, 0.4) is 0 Å². The second-order valence-corrected chi connectivity index (χ2v) is 9.04. The van der Waals surface area contributed by atoms with E-state index in [0.717, 1.165) is 6.20 Å². The molecule has 5 N–H and O–H groups in total. The molecule has 3 aromatic heterocycles. The predicted molar refractivity (Wildman–Crippen MR) is 143 cm³/mol. The zero-order chi connectivity index (χ0) is 30.3. The number of alkyl halides is 3. The highest BCUT2D eigenvalue weighted by Crippen LogP contribution is 2.30. The van der Waals surface area contributed by atoms with Crippen LogP contribution in [0.5, 0.6) is 5.75 Å². The molecule has 0 bridgehead atoms. The molecule has 5 rings (SSSR count). The Morgan fingerprint density at radius 3 is 2.10 bits per heavy atom. The van der Waals surface area contributed by atoms with Gasteiger partial charge in [0, 0.05) is 13.2 Å². The van der Waals surface area contributed by atoms with Crippen LogP contribution in [0, 0.1) is 11.6 Å². The minimum Gasteiger partial charge on any atom is -0.491 e. The number of nitrogens with zero attached hydrogens (tertiary/aromatic N) is 4. The van der Waals surface area contributed by atoms with Crippen molar-refractivity contribution in [3.8, 4) is 17.1 Å². The second kappa shape index (κ2) is 13.2. The molecule has 0 spiro atoms. The Kier molecular flexibility index (Phi) is 9.97. The van der Waals surface area contributed by atoms with Gasteiger partial charge in [0.1, 0.15) is 5.56 Å². The van der Waals surface area contributed by atoms with Gasteiger partial charge in [-0.05, 0) is 17.5 Å². The molecule has 10 nitrogen and oxygen atoms in total. The number of benzene rings is 1. The largest absolute Gasteiger partial charge is 0.491 e. The monoisotopic (exact) mass is 581 g/mol. The molecule has 0 unspecified atom stereocenters. The van der Waals surface area contributed by atoms with Crippen molar-refractivity contribution < 1.29 is 26.7 Å². The third-order valence-corrected chi connectivity index (χ3v) is 6.16. The number of aryl methyl sites for hydroxylation is 1. The van der Waals surface area contributed by atoms with Crippen LogP contribution >= 0.6 is 0 Å². The molecule has 1 aromatic carbocycles. The van der Waals surface area contributed by atoms with E-state index in [1.807, 2.05) is 0 Å². The quantitative estimate of drug-likeness (QED) is 0.291. The van der Waals surface area contributed by atoms with Gasteiger partial charge in [-0.15, -0.1) is 0 Å². The highest BCUT2D eigenvalue weighted by atomic mass is 19.4. The molecule has 1 saturated carbocycles. The zero-order valence-electron chi connectivity index (χ0n) is 22.2. The van der Waals surface area contributed by atoms with Gasteiger partial charge >= 0.3 is 6.18 Å². The van der Waals surface area contributed by atoms with Gasteiger partial charge in [0.25, 0.3) is 11.1 Å². The summed E-state index contributed by atoms with van der Waals surface area (Å²) in [5.74, 6) is -2.31. The van der Waals surface area contributed by atoms with Gasteiger partial charge in [-0.2, -0.15) is 18.3 Å². The Labute approximate surface area is 230 Å². The maximum atomic E-state index is 14.4. The van der Waals surface area contributed by atoms with E-state index in [9.17, 15) is 31.5 Å². The number of halogens is 5. The molecular weight excluding hydrogens is 553 g/mol. The van der Waals surface area contributed by atoms with Crippen molar-refractivity contribution in [1.29, 1.82) is 0 Å². The van der Waals surface area contributed by atoms with Gasteiger partial charge in [-0.25, -0.2) is 23.8 Å². The average Bonchev–Trinajstić information content (AvgIpc) is 2.93. The maximum Gasteiger partial charge on any atom is 0.423 e. The van der Waals surface area contributed by atoms with Crippen LogP contribution in [-0.2, 0) is 13.2 Å². The van der Waals surface area contributed by atoms with Crippen molar-refractivity contribution in [3.05, 3.63) is 68.6 Å². The van der Waals surface area contributed by atoms with Crippen molar-refractivity contribution in [2.45, 2.75) is 44.7 Å². The third kappa shape index (κ3) is 7.35. The van der Waals surface area contributed by atoms with Gasteiger partial charge in [0.15, 0.2) is 29.0 Å². The fourth-order valence-electron chi connectivity index (χ4n) is 4.03. The smallest absolute Gasteiger partial charge is 0.423 e. The number of hydrogen-bond donors (Lipinski definition) is 3. The summed E-state index contributed by atoms with van der Waals surface area (Å²) in [6.07, 6.45) is 7.74. The summed E-state index contributed by atoms with van der Waals surface area (Å²) in [6.45, 7) is 0. The number of methoxy groups -OCH3 is 1. The molecule has 3 heterocycles. The second-order valence-electron chi connectivity index (χ2n) is 9.04. The summed E-state index contributed by atoms with van der Waals surface area (Å²) in [6, 6.07) is 2.83. The Balaban J connectivity index is 0.000000212. The molecule has 41 heavy (non-hydrogen) atoms. The lowest BCUT2D eigenvalue weighted by atomic mass is 10.0. The van der Waals surface area contributed by atoms with E-state index in [1.54, 1.807) is 5.10 Å². The Bertz CT molecular complexity index is 1620. The van der Waals surface area contributed by atoms with E-state index < -0.39 is 40.2 Å². The fraction of sp³-hybridized carbons (Fsp3) is 0.346. The Morgan fingerprint density at radius 2 is 1.61 bits per heavy atom. The number of rotatable bonds is 2. The number of ether oxygens (including phenoxy) is 1. The van der Waals surface area contributed by atoms with Crippen molar-refractivity contribution >= 4 is 22.3 Å². The molecule has 0 amide bonds. The number of aromatic amines is 1. The lowest BCUT2D eigenvalue weighted by Crippen LogP contribution is -2.24. The van der Waals surface area contributed by atoms with Crippen LogP contribution < -0.4 is 27.3 Å². The summed E-state index contributed by atoms with van der Waals surface area (Å²) in [5, 5.41) is 4.67. The summed E-state index contributed by atoms with van der Waals surface area (Å²) >= 11 is 0. The summed E-state index contributed by atoms with van der Waals surface area (Å²) in [7, 11) is 2.85. The first-order valence-corrected chi connectivity index (χ1v) is 12.4. The molecular formula is C26H28F5N7O3. The fourth-order valence-corrected chi connectivity index (χ4v) is 4.03. The first-order valence-electron chi connectivity index (χ1n) is 12.4. The summed E-state index contributed by atoms with van der Waals surface area (Å²) < 4.78 is 70.7. The van der Waals surface area contributed by atoms with Crippen molar-refractivity contribution in [2.24, 2.45) is 7.05 Å². The van der Waals surface area contributed by atoms with Crippen LogP contribution in [0.25, 0.3) is 22.2 Å². The molecule has 15 heteroatoms. The van der Waals surface area contributed by atoms with Gasteiger partial charge in [0.05, 0.1) is 36.1 Å². The van der Waals surface area contributed by atoms with Crippen LogP contribution in [0.15, 0.2) is 40.3 Å². The van der Waals surface area contributed by atoms with E-state index >= 15 is 0 Å². The van der Waals surface area contributed by atoms with Crippen molar-refractivity contribution in [1.82, 2.24) is 24.7 Å². The van der Waals surface area contributed by atoms with Crippen molar-refractivity contribution in [3.63, 3.8) is 0 Å². The van der Waals surface area contributed by atoms with Crippen LogP contribution in [0.1, 0.15) is 44.1 Å². The Morgan fingerprint density at radius 1 is 1.00 bits per heavy atom. The van der Waals surface area contributed by atoms with Crippen molar-refractivity contribution in [2.75, 3.05) is 18.6 Å². The van der Waals surface area contributed by atoms with Crippen LogP contribution in [0.2, 0.25) is 0 Å². The molecule has 1 aliphatic carbocycles. The average molecular weight is 582 g/mol. The van der Waals surface area contributed by atoms with Gasteiger partial charge in [-0.1, -0.05) is 38.5 Å². The van der Waals surface area contributed by atoms with Gasteiger partial charge in [0.2, 0.25) is 0 Å². The Hall–Kier alpha value is -4.56. The molecule has 1 fully saturated rings. The van der Waals surface area contributed by atoms with E-state index in [0.29, 0.717) is 0 Å². The number of hydrogen-bond acceptors (Lipinski definition) is 8. The third-order valence-electron chi connectivity index (χ3n) is 6.16. The number of nitrogens with two attached hydrogens (primary N) is 2. The molecule has 0 saturated heterocycles. The molecule has 1 aliphatic rings. The van der Waals surface area contributed by atoms with Crippen LogP contribution in [0.4, 0.5) is 33.5 Å². The molecule has 220 valence electrons. The minimum absolute atomic E-state index is 0.00128. The van der Waals surface area contributed by atoms with Gasteiger partial charge in [-0.3, -0.25) is 9.59 Å². The highest BCUT2D eigenvalue weighted by molar-refractivity contribution is 5.86. The lowest BCUT2D eigenvalue weighted by molar-refractivity contribution is -0.138. The zero-order valence-corrected chi connectivity index (χ0v) is 22.2. The van der Waals surface area contributed by atoms with Gasteiger partial charge < -0.3 is 20.8 Å². The van der Waals surface area contributed by atoms with E-state index in [2.05, 4.69) is 15.1 Å². The molecule has 0 atom stereocenters. The number of nitrogen functional groups attached to an aromatic ring is 2. The molecule has 4 aromatic rings. The summed E-state index contributed by atoms with van der Waals surface area (Å²) in [5.41, 5.74) is 6.36. The van der Waals surface area contributed by atoms with E-state index in [4.69, 9.17) is 16.2 Å². The maximum absolute atomic E-state index is 14.4. The van der Waals surface area contributed by atoms with Crippen LogP contribution in [-0.4, -0.2) is 31.8 Å². The molecule has 0 aliphatic heterocycles. The number of anilines is 2. The number of aromatic nitrogens is 5. The van der Waals surface area contributed by atoms with E-state index in [1.165, 1.54) is 81.8 Å². The SMILES string of the molecule is C1CCCCC1.COc1cnc(-c2cc3ccn(C)c(=O)c3c(F)c2F)nc1N.Nc1cn[nH]c(=O)c1C(F)(F)F. The normalized spacial score (nSPS) is 13.0. The first kappa shape index (κ1) is 31.0. The molecule has 0 radical (unpaired) electrons. The standard InChI is InChI=1S/C15H12F2N4O2.C6H12.C5H4F3N3O/c1-21-4-3-7-5-8(11(16)12(17)10(7)15(21)22)14-19-6-9(23-2)13(18)20-14;1-2-4-6-5-3-1;6-5(7,8)3-2(9)1-10-11-4(3)12/h3-6H,1-2H3,(H2,18,19,20);1-6H2;1H,(H3,9,11,12). The lowest BCUT2D eigenvalue weighted by Gasteiger charge is -2.09.